The molecule has 0 fully saturated rings. The SMILES string of the molecule is O=S(=O)(Nc1nc(F)c(OCCF)cc1F)c1c[nH]cc1Cc1ccccc1. The Bertz CT molecular complexity index is 1060. The number of hydrogen-bond donors (Lipinski definition) is 2. The molecule has 28 heavy (non-hydrogen) atoms. The van der Waals surface area contributed by atoms with Crippen molar-refractivity contribution in [3.05, 3.63) is 71.7 Å². The number of ether oxygens (including phenoxy) is 1. The van der Waals surface area contributed by atoms with Crippen LogP contribution in [0, 0.1) is 11.8 Å². The smallest absolute Gasteiger partial charge is 0.264 e. The van der Waals surface area contributed by atoms with Gasteiger partial charge in [-0.15, -0.1) is 0 Å². The van der Waals surface area contributed by atoms with Crippen LogP contribution in [-0.4, -0.2) is 31.7 Å². The minimum absolute atomic E-state index is 0.115. The van der Waals surface area contributed by atoms with Gasteiger partial charge in [0, 0.05) is 24.9 Å². The third-order valence-corrected chi connectivity index (χ3v) is 5.20. The molecule has 0 aliphatic rings. The van der Waals surface area contributed by atoms with E-state index in [4.69, 9.17) is 0 Å². The maximum atomic E-state index is 14.1. The summed E-state index contributed by atoms with van der Waals surface area (Å²) in [6.07, 6.45) is 3.08. The number of halogens is 3. The number of H-pyrrole nitrogens is 1. The van der Waals surface area contributed by atoms with Crippen LogP contribution >= 0.6 is 0 Å². The average molecular weight is 411 g/mol. The molecule has 0 unspecified atom stereocenters. The minimum Gasteiger partial charge on any atom is -0.486 e. The molecular formula is C18H16F3N3O3S. The van der Waals surface area contributed by atoms with Crippen LogP contribution in [0.2, 0.25) is 0 Å². The summed E-state index contributed by atoms with van der Waals surface area (Å²) in [5.74, 6) is -3.84. The predicted molar refractivity (Wildman–Crippen MR) is 96.5 cm³/mol. The molecule has 0 radical (unpaired) electrons. The summed E-state index contributed by atoms with van der Waals surface area (Å²) in [4.78, 5) is 5.84. The first-order valence-corrected chi connectivity index (χ1v) is 9.66. The largest absolute Gasteiger partial charge is 0.486 e. The van der Waals surface area contributed by atoms with E-state index < -0.39 is 46.6 Å². The van der Waals surface area contributed by atoms with Gasteiger partial charge in [-0.25, -0.2) is 17.2 Å². The van der Waals surface area contributed by atoms with Crippen molar-refractivity contribution in [1.82, 2.24) is 9.97 Å². The Morgan fingerprint density at radius 3 is 2.61 bits per heavy atom. The van der Waals surface area contributed by atoms with Gasteiger partial charge in [-0.05, 0) is 11.1 Å². The van der Waals surface area contributed by atoms with E-state index in [1.54, 1.807) is 0 Å². The highest BCUT2D eigenvalue weighted by Gasteiger charge is 2.23. The van der Waals surface area contributed by atoms with Crippen molar-refractivity contribution in [2.24, 2.45) is 0 Å². The quantitative estimate of drug-likeness (QED) is 0.557. The normalized spacial score (nSPS) is 11.4. The minimum atomic E-state index is -4.24. The van der Waals surface area contributed by atoms with Gasteiger partial charge in [0.1, 0.15) is 18.2 Å². The second kappa shape index (κ2) is 8.34. The van der Waals surface area contributed by atoms with Crippen LogP contribution in [0.25, 0.3) is 0 Å². The van der Waals surface area contributed by atoms with Gasteiger partial charge in [0.15, 0.2) is 17.4 Å². The van der Waals surface area contributed by atoms with Crippen molar-refractivity contribution in [1.29, 1.82) is 0 Å². The standard InChI is InChI=1S/C18H16F3N3O3S/c19-6-7-27-15-9-14(20)18(23-17(15)21)24-28(25,26)16-11-22-10-13(16)8-12-4-2-1-3-5-12/h1-5,9-11,22H,6-8H2,(H,23,24). The van der Waals surface area contributed by atoms with Crippen LogP contribution in [0.4, 0.5) is 19.0 Å². The van der Waals surface area contributed by atoms with Crippen molar-refractivity contribution >= 4 is 15.8 Å². The first kappa shape index (κ1) is 19.7. The maximum absolute atomic E-state index is 14.1. The lowest BCUT2D eigenvalue weighted by Gasteiger charge is -2.11. The lowest BCUT2D eigenvalue weighted by atomic mass is 10.1. The van der Waals surface area contributed by atoms with E-state index in [9.17, 15) is 21.6 Å². The Labute approximate surface area is 159 Å². The highest BCUT2D eigenvalue weighted by Crippen LogP contribution is 2.25. The summed E-state index contributed by atoms with van der Waals surface area (Å²) in [5, 5.41) is 0. The molecule has 2 N–H and O–H groups in total. The van der Waals surface area contributed by atoms with E-state index in [1.807, 2.05) is 35.1 Å². The summed E-state index contributed by atoms with van der Waals surface area (Å²) in [7, 11) is -4.24. The van der Waals surface area contributed by atoms with Gasteiger partial charge in [0.05, 0.1) is 0 Å². The van der Waals surface area contributed by atoms with Gasteiger partial charge >= 0.3 is 0 Å². The molecule has 2 aromatic heterocycles. The van der Waals surface area contributed by atoms with Gasteiger partial charge in [-0.2, -0.15) is 9.37 Å². The van der Waals surface area contributed by atoms with Crippen LogP contribution in [0.15, 0.2) is 53.7 Å². The number of hydrogen-bond acceptors (Lipinski definition) is 4. The number of pyridine rings is 1. The fourth-order valence-corrected chi connectivity index (χ4v) is 3.75. The van der Waals surface area contributed by atoms with Gasteiger partial charge in [0.2, 0.25) is 0 Å². The van der Waals surface area contributed by atoms with Gasteiger partial charge in [-0.1, -0.05) is 30.3 Å². The fourth-order valence-electron chi connectivity index (χ4n) is 2.54. The number of rotatable bonds is 8. The Hall–Kier alpha value is -3.01. The number of benzene rings is 1. The molecule has 0 bridgehead atoms. The van der Waals surface area contributed by atoms with Crippen LogP contribution < -0.4 is 9.46 Å². The van der Waals surface area contributed by atoms with Crippen LogP contribution in [0.1, 0.15) is 11.1 Å². The zero-order valence-electron chi connectivity index (χ0n) is 14.5. The van der Waals surface area contributed by atoms with Crippen molar-refractivity contribution in [2.75, 3.05) is 18.0 Å². The molecule has 2 heterocycles. The van der Waals surface area contributed by atoms with E-state index in [2.05, 4.69) is 14.7 Å². The monoisotopic (exact) mass is 411 g/mol. The third kappa shape index (κ3) is 4.45. The van der Waals surface area contributed by atoms with Crippen molar-refractivity contribution < 1.29 is 26.3 Å². The first-order valence-electron chi connectivity index (χ1n) is 8.18. The molecule has 3 rings (SSSR count). The molecular weight excluding hydrogens is 395 g/mol. The number of anilines is 1. The van der Waals surface area contributed by atoms with E-state index in [1.165, 1.54) is 12.4 Å². The van der Waals surface area contributed by atoms with Crippen LogP contribution in [0.3, 0.4) is 0 Å². The Morgan fingerprint density at radius 1 is 1.14 bits per heavy atom. The van der Waals surface area contributed by atoms with Gasteiger partial charge in [0.25, 0.3) is 16.0 Å². The van der Waals surface area contributed by atoms with E-state index >= 15 is 0 Å². The van der Waals surface area contributed by atoms with Crippen LogP contribution in [-0.2, 0) is 16.4 Å². The molecule has 10 heteroatoms. The molecule has 1 aromatic carbocycles. The van der Waals surface area contributed by atoms with Gasteiger partial charge < -0.3 is 9.72 Å². The second-order valence-corrected chi connectivity index (χ2v) is 7.41. The summed E-state index contributed by atoms with van der Waals surface area (Å²) in [6, 6.07) is 9.76. The topological polar surface area (TPSA) is 84.1 Å². The zero-order valence-corrected chi connectivity index (χ0v) is 15.3. The molecule has 0 saturated carbocycles. The molecule has 3 aromatic rings. The molecule has 0 spiro atoms. The molecule has 0 aliphatic heterocycles. The Kier molecular flexibility index (Phi) is 5.88. The average Bonchev–Trinajstić information content (AvgIpc) is 3.13. The van der Waals surface area contributed by atoms with Crippen molar-refractivity contribution in [3.8, 4) is 5.75 Å². The van der Waals surface area contributed by atoms with Crippen molar-refractivity contribution in [2.45, 2.75) is 11.3 Å². The number of nitrogens with zero attached hydrogens (tertiary/aromatic N) is 1. The summed E-state index contributed by atoms with van der Waals surface area (Å²) in [5.41, 5.74) is 1.32. The molecule has 0 aliphatic carbocycles. The number of nitrogens with one attached hydrogen (secondary N) is 2. The summed E-state index contributed by atoms with van der Waals surface area (Å²) in [6.45, 7) is -1.37. The van der Waals surface area contributed by atoms with Crippen LogP contribution in [0.5, 0.6) is 5.75 Å². The van der Waals surface area contributed by atoms with Gasteiger partial charge in [-0.3, -0.25) is 4.72 Å². The zero-order chi connectivity index (χ0) is 20.1. The number of sulfonamides is 1. The second-order valence-electron chi connectivity index (χ2n) is 5.76. The summed E-state index contributed by atoms with van der Waals surface area (Å²) < 4.78 is 72.0. The molecule has 0 amide bonds. The number of alkyl halides is 1. The third-order valence-electron chi connectivity index (χ3n) is 3.78. The maximum Gasteiger partial charge on any atom is 0.264 e. The molecule has 0 saturated heterocycles. The summed E-state index contributed by atoms with van der Waals surface area (Å²) >= 11 is 0. The van der Waals surface area contributed by atoms with E-state index in [0.29, 0.717) is 18.1 Å². The lowest BCUT2D eigenvalue weighted by molar-refractivity contribution is 0.258. The number of aromatic amines is 1. The Morgan fingerprint density at radius 2 is 1.89 bits per heavy atom. The Balaban J connectivity index is 1.85. The number of aromatic nitrogens is 2. The lowest BCUT2D eigenvalue weighted by Crippen LogP contribution is -2.17. The predicted octanol–water partition coefficient (Wildman–Crippen LogP) is 3.43. The molecule has 6 nitrogen and oxygen atoms in total. The molecule has 148 valence electrons. The highest BCUT2D eigenvalue weighted by atomic mass is 32.2. The highest BCUT2D eigenvalue weighted by molar-refractivity contribution is 7.92. The first-order chi connectivity index (χ1) is 13.4. The fraction of sp³-hybridized carbons (Fsp3) is 0.167. The van der Waals surface area contributed by atoms with E-state index in [0.717, 1.165) is 5.56 Å². The van der Waals surface area contributed by atoms with E-state index in [-0.39, 0.29) is 4.90 Å². The van der Waals surface area contributed by atoms with Crippen molar-refractivity contribution in [3.63, 3.8) is 0 Å². The molecule has 0 atom stereocenters.